The molecule has 0 aromatic carbocycles. The molecular weight excluding hydrogens is 322 g/mol. The van der Waals surface area contributed by atoms with E-state index in [1.54, 1.807) is 0 Å². The third kappa shape index (κ3) is 3.41. The van der Waals surface area contributed by atoms with Gasteiger partial charge in [0.05, 0.1) is 17.7 Å². The molecule has 0 saturated carbocycles. The SMILES string of the molecule is Cn1cc(S(=O)(=O)N(CC(=O)O)C2CCS(=O)(=O)C2)cn1. The Hall–Kier alpha value is -1.46. The number of aromatic nitrogens is 2. The lowest BCUT2D eigenvalue weighted by Crippen LogP contribution is -2.44. The van der Waals surface area contributed by atoms with Gasteiger partial charge in [-0.05, 0) is 6.42 Å². The van der Waals surface area contributed by atoms with Crippen LogP contribution in [0.25, 0.3) is 0 Å². The van der Waals surface area contributed by atoms with Crippen LogP contribution in [0.2, 0.25) is 0 Å². The Labute approximate surface area is 122 Å². The molecule has 0 radical (unpaired) electrons. The van der Waals surface area contributed by atoms with Crippen LogP contribution < -0.4 is 0 Å². The van der Waals surface area contributed by atoms with Gasteiger partial charge < -0.3 is 5.11 Å². The van der Waals surface area contributed by atoms with Gasteiger partial charge in [-0.3, -0.25) is 9.48 Å². The largest absolute Gasteiger partial charge is 0.480 e. The van der Waals surface area contributed by atoms with Crippen molar-refractivity contribution in [3.05, 3.63) is 12.4 Å². The second kappa shape index (κ2) is 5.39. The summed E-state index contributed by atoms with van der Waals surface area (Å²) >= 11 is 0. The standard InChI is InChI=1S/C10H15N3O6S2/c1-12-5-9(4-11-12)21(18,19)13(6-10(14)15)8-2-3-20(16,17)7-8/h4-5,8H,2-3,6-7H2,1H3,(H,14,15). The molecule has 9 nitrogen and oxygen atoms in total. The Morgan fingerprint density at radius 1 is 1.57 bits per heavy atom. The molecule has 0 amide bonds. The molecule has 1 saturated heterocycles. The van der Waals surface area contributed by atoms with Gasteiger partial charge in [-0.25, -0.2) is 16.8 Å². The van der Waals surface area contributed by atoms with E-state index in [0.717, 1.165) is 10.5 Å². The molecule has 1 aromatic rings. The van der Waals surface area contributed by atoms with Crippen LogP contribution in [0, 0.1) is 0 Å². The van der Waals surface area contributed by atoms with Crippen molar-refractivity contribution < 1.29 is 26.7 Å². The number of carboxylic acid groups (broad SMARTS) is 1. The van der Waals surface area contributed by atoms with Gasteiger partial charge in [0.25, 0.3) is 0 Å². The molecule has 0 aliphatic carbocycles. The average Bonchev–Trinajstić information content (AvgIpc) is 2.92. The van der Waals surface area contributed by atoms with Crippen molar-refractivity contribution in [2.75, 3.05) is 18.1 Å². The van der Waals surface area contributed by atoms with Crippen molar-refractivity contribution in [1.29, 1.82) is 0 Å². The van der Waals surface area contributed by atoms with Crippen molar-refractivity contribution in [3.8, 4) is 0 Å². The Kier molecular flexibility index (Phi) is 4.08. The normalized spacial score (nSPS) is 21.7. The fraction of sp³-hybridized carbons (Fsp3) is 0.600. The second-order valence-electron chi connectivity index (χ2n) is 4.85. The van der Waals surface area contributed by atoms with E-state index >= 15 is 0 Å². The molecule has 2 heterocycles. The molecule has 118 valence electrons. The lowest BCUT2D eigenvalue weighted by molar-refractivity contribution is -0.137. The van der Waals surface area contributed by atoms with Crippen LogP contribution in [0.1, 0.15) is 6.42 Å². The van der Waals surface area contributed by atoms with Crippen LogP contribution in [0.3, 0.4) is 0 Å². The lowest BCUT2D eigenvalue weighted by atomic mass is 10.2. The van der Waals surface area contributed by atoms with E-state index in [1.165, 1.54) is 17.9 Å². The minimum Gasteiger partial charge on any atom is -0.480 e. The highest BCUT2D eigenvalue weighted by atomic mass is 32.2. The van der Waals surface area contributed by atoms with Crippen LogP contribution in [-0.2, 0) is 31.7 Å². The predicted molar refractivity (Wildman–Crippen MR) is 71.8 cm³/mol. The Morgan fingerprint density at radius 3 is 2.67 bits per heavy atom. The first-order chi connectivity index (χ1) is 9.62. The zero-order valence-corrected chi connectivity index (χ0v) is 12.8. The van der Waals surface area contributed by atoms with E-state index in [2.05, 4.69) is 5.10 Å². The molecule has 0 bridgehead atoms. The van der Waals surface area contributed by atoms with E-state index in [9.17, 15) is 21.6 Å². The van der Waals surface area contributed by atoms with E-state index < -0.39 is 38.4 Å². The molecule has 1 unspecified atom stereocenters. The molecule has 0 spiro atoms. The number of aliphatic carboxylic acids is 1. The number of carboxylic acids is 1. The van der Waals surface area contributed by atoms with Gasteiger partial charge in [0.1, 0.15) is 11.4 Å². The third-order valence-corrected chi connectivity index (χ3v) is 6.80. The third-order valence-electron chi connectivity index (χ3n) is 3.19. The molecule has 1 fully saturated rings. The Morgan fingerprint density at radius 2 is 2.24 bits per heavy atom. The Bertz CT molecular complexity index is 752. The number of aryl methyl sites for hydroxylation is 1. The van der Waals surface area contributed by atoms with Crippen molar-refractivity contribution in [2.45, 2.75) is 17.4 Å². The van der Waals surface area contributed by atoms with Gasteiger partial charge in [-0.1, -0.05) is 0 Å². The predicted octanol–water partition coefficient (Wildman–Crippen LogP) is -1.32. The number of rotatable bonds is 5. The summed E-state index contributed by atoms with van der Waals surface area (Å²) in [7, 11) is -5.91. The summed E-state index contributed by atoms with van der Waals surface area (Å²) in [5, 5.41) is 12.7. The van der Waals surface area contributed by atoms with Crippen molar-refractivity contribution >= 4 is 25.8 Å². The first-order valence-corrected chi connectivity index (χ1v) is 9.31. The number of sulfonamides is 1. The summed E-state index contributed by atoms with van der Waals surface area (Å²) in [5.74, 6) is -1.84. The smallest absolute Gasteiger partial charge is 0.318 e. The van der Waals surface area contributed by atoms with Gasteiger partial charge in [0.2, 0.25) is 10.0 Å². The highest BCUT2D eigenvalue weighted by Gasteiger charge is 2.40. The quantitative estimate of drug-likeness (QED) is 0.706. The molecular formula is C10H15N3O6S2. The van der Waals surface area contributed by atoms with Crippen LogP contribution in [0.4, 0.5) is 0 Å². The van der Waals surface area contributed by atoms with E-state index in [4.69, 9.17) is 5.11 Å². The van der Waals surface area contributed by atoms with Crippen molar-refractivity contribution in [2.24, 2.45) is 7.05 Å². The molecule has 21 heavy (non-hydrogen) atoms. The molecule has 11 heteroatoms. The van der Waals surface area contributed by atoms with Crippen LogP contribution >= 0.6 is 0 Å². The number of carbonyl (C=O) groups is 1. The van der Waals surface area contributed by atoms with Gasteiger partial charge in [0, 0.05) is 19.3 Å². The summed E-state index contributed by atoms with van der Waals surface area (Å²) in [5.41, 5.74) is 0. The number of hydrogen-bond acceptors (Lipinski definition) is 6. The topological polar surface area (TPSA) is 127 Å². The number of hydrogen-bond donors (Lipinski definition) is 1. The maximum atomic E-state index is 12.5. The van der Waals surface area contributed by atoms with Gasteiger partial charge >= 0.3 is 5.97 Å². The van der Waals surface area contributed by atoms with Gasteiger partial charge in [-0.2, -0.15) is 9.40 Å². The van der Waals surface area contributed by atoms with Crippen molar-refractivity contribution in [1.82, 2.24) is 14.1 Å². The summed E-state index contributed by atoms with van der Waals surface area (Å²) in [6.07, 6.45) is 2.44. The van der Waals surface area contributed by atoms with E-state index in [1.807, 2.05) is 0 Å². The van der Waals surface area contributed by atoms with Crippen LogP contribution in [-0.4, -0.2) is 66.1 Å². The Balaban J connectivity index is 2.38. The summed E-state index contributed by atoms with van der Waals surface area (Å²) in [6.45, 7) is -0.780. The zero-order chi connectivity index (χ0) is 15.8. The van der Waals surface area contributed by atoms with Gasteiger partial charge in [-0.15, -0.1) is 0 Å². The van der Waals surface area contributed by atoms with E-state index in [0.29, 0.717) is 0 Å². The van der Waals surface area contributed by atoms with Crippen molar-refractivity contribution in [3.63, 3.8) is 0 Å². The molecule has 2 rings (SSSR count). The minimum absolute atomic E-state index is 0.0924. The van der Waals surface area contributed by atoms with E-state index in [-0.39, 0.29) is 22.8 Å². The fourth-order valence-electron chi connectivity index (χ4n) is 2.21. The van der Waals surface area contributed by atoms with Crippen LogP contribution in [0.5, 0.6) is 0 Å². The fourth-order valence-corrected chi connectivity index (χ4v) is 5.63. The zero-order valence-electron chi connectivity index (χ0n) is 11.2. The second-order valence-corrected chi connectivity index (χ2v) is 8.97. The highest BCUT2D eigenvalue weighted by molar-refractivity contribution is 7.92. The van der Waals surface area contributed by atoms with Crippen LogP contribution in [0.15, 0.2) is 17.3 Å². The average molecular weight is 337 g/mol. The molecule has 1 aliphatic heterocycles. The first kappa shape index (κ1) is 15.9. The summed E-state index contributed by atoms with van der Waals surface area (Å²) in [4.78, 5) is 10.8. The maximum absolute atomic E-state index is 12.5. The monoisotopic (exact) mass is 337 g/mol. The van der Waals surface area contributed by atoms with Gasteiger partial charge in [0.15, 0.2) is 9.84 Å². The molecule has 1 aromatic heterocycles. The number of sulfone groups is 1. The molecule has 1 N–H and O–H groups in total. The summed E-state index contributed by atoms with van der Waals surface area (Å²) < 4.78 is 50.0. The molecule has 1 aliphatic rings. The molecule has 1 atom stereocenters. The highest BCUT2D eigenvalue weighted by Crippen LogP contribution is 2.24. The first-order valence-electron chi connectivity index (χ1n) is 6.04. The summed E-state index contributed by atoms with van der Waals surface area (Å²) in [6, 6.07) is -0.865. The number of nitrogens with zero attached hydrogens (tertiary/aromatic N) is 3. The maximum Gasteiger partial charge on any atom is 0.318 e. The lowest BCUT2D eigenvalue weighted by Gasteiger charge is -2.24. The minimum atomic E-state index is -4.10.